The molecule has 0 aromatic heterocycles. The first-order valence-corrected chi connectivity index (χ1v) is 6.81. The average molecular weight is 283 g/mol. The van der Waals surface area contributed by atoms with Gasteiger partial charge in [-0.1, -0.05) is 12.2 Å². The van der Waals surface area contributed by atoms with Crippen LogP contribution in [0.5, 0.6) is 0 Å². The van der Waals surface area contributed by atoms with Gasteiger partial charge in [-0.3, -0.25) is 0 Å². The fourth-order valence-corrected chi connectivity index (χ4v) is 2.25. The molecule has 2 rings (SSSR count). The molecule has 1 aliphatic heterocycles. The summed E-state index contributed by atoms with van der Waals surface area (Å²) in [4.78, 5) is 0.199. The lowest BCUT2D eigenvalue weighted by molar-refractivity contribution is 0.0157. The van der Waals surface area contributed by atoms with E-state index in [4.69, 9.17) is 27.4 Å². The van der Waals surface area contributed by atoms with Gasteiger partial charge in [0.15, 0.2) is 0 Å². The maximum Gasteiger partial charge on any atom is 0.124 e. The molecule has 1 aromatic carbocycles. The Bertz CT molecular complexity index is 447. The lowest BCUT2D eigenvalue weighted by Gasteiger charge is -2.21. The lowest BCUT2D eigenvalue weighted by Crippen LogP contribution is -2.20. The molecular formula is C14H18FNO2S. The van der Waals surface area contributed by atoms with Crippen molar-refractivity contribution < 1.29 is 13.9 Å². The van der Waals surface area contributed by atoms with Crippen molar-refractivity contribution in [1.29, 1.82) is 0 Å². The van der Waals surface area contributed by atoms with Gasteiger partial charge in [-0.15, -0.1) is 0 Å². The minimum Gasteiger partial charge on any atom is -0.389 e. The molecule has 1 fully saturated rings. The van der Waals surface area contributed by atoms with Crippen LogP contribution in [0.2, 0.25) is 0 Å². The van der Waals surface area contributed by atoms with Crippen molar-refractivity contribution >= 4 is 17.2 Å². The molecule has 0 unspecified atom stereocenters. The van der Waals surface area contributed by atoms with Crippen molar-refractivity contribution in [2.45, 2.75) is 19.4 Å². The quantitative estimate of drug-likeness (QED) is 0.843. The second kappa shape index (κ2) is 6.93. The van der Waals surface area contributed by atoms with Gasteiger partial charge in [0.2, 0.25) is 0 Å². The van der Waals surface area contributed by atoms with Crippen molar-refractivity contribution in [3.05, 3.63) is 35.1 Å². The van der Waals surface area contributed by atoms with Crippen LogP contribution in [0, 0.1) is 11.7 Å². The summed E-state index contributed by atoms with van der Waals surface area (Å²) < 4.78 is 24.3. The third kappa shape index (κ3) is 4.53. The van der Waals surface area contributed by atoms with Crippen LogP contribution < -0.4 is 5.73 Å². The first-order chi connectivity index (χ1) is 9.15. The van der Waals surface area contributed by atoms with Crippen LogP contribution >= 0.6 is 12.2 Å². The lowest BCUT2D eigenvalue weighted by atomic mass is 10.0. The number of thiocarbonyl (C=S) groups is 1. The summed E-state index contributed by atoms with van der Waals surface area (Å²) in [5.74, 6) is 0.201. The average Bonchev–Trinajstić information content (AvgIpc) is 2.39. The molecule has 0 spiro atoms. The van der Waals surface area contributed by atoms with E-state index >= 15 is 0 Å². The van der Waals surface area contributed by atoms with Crippen LogP contribution in [-0.4, -0.2) is 24.8 Å². The van der Waals surface area contributed by atoms with E-state index in [-0.39, 0.29) is 10.8 Å². The number of halogens is 1. The van der Waals surface area contributed by atoms with E-state index in [0.29, 0.717) is 24.7 Å². The molecule has 104 valence electrons. The molecule has 1 aliphatic rings. The third-order valence-corrected chi connectivity index (χ3v) is 3.44. The smallest absolute Gasteiger partial charge is 0.124 e. The number of benzene rings is 1. The first-order valence-electron chi connectivity index (χ1n) is 6.40. The van der Waals surface area contributed by atoms with Crippen molar-refractivity contribution in [2.24, 2.45) is 11.7 Å². The summed E-state index contributed by atoms with van der Waals surface area (Å²) in [7, 11) is 0. The molecule has 3 nitrogen and oxygen atoms in total. The molecule has 0 saturated carbocycles. The van der Waals surface area contributed by atoms with E-state index in [1.165, 1.54) is 12.1 Å². The molecule has 0 aliphatic carbocycles. The summed E-state index contributed by atoms with van der Waals surface area (Å²) in [6, 6.07) is 4.56. The Kier molecular flexibility index (Phi) is 5.24. The van der Waals surface area contributed by atoms with Gasteiger partial charge in [-0.05, 0) is 42.5 Å². The predicted octanol–water partition coefficient (Wildman–Crippen LogP) is 2.40. The van der Waals surface area contributed by atoms with E-state index in [2.05, 4.69) is 0 Å². The van der Waals surface area contributed by atoms with Gasteiger partial charge in [-0.25, -0.2) is 4.39 Å². The Balaban J connectivity index is 1.86. The summed E-state index contributed by atoms with van der Waals surface area (Å²) in [6.45, 7) is 2.67. The van der Waals surface area contributed by atoms with Gasteiger partial charge in [0.25, 0.3) is 0 Å². The summed E-state index contributed by atoms with van der Waals surface area (Å²) in [5.41, 5.74) is 6.81. The number of hydrogen-bond acceptors (Lipinski definition) is 3. The van der Waals surface area contributed by atoms with Crippen LogP contribution in [0.25, 0.3) is 0 Å². The Morgan fingerprint density at radius 3 is 2.79 bits per heavy atom. The Morgan fingerprint density at radius 1 is 1.37 bits per heavy atom. The van der Waals surface area contributed by atoms with Crippen LogP contribution in [0.3, 0.4) is 0 Å². The molecule has 0 amide bonds. The number of rotatable bonds is 5. The SMILES string of the molecule is NC(=S)c1cc(F)cc(COCC2CCOCC2)c1. The number of hydrogen-bond donors (Lipinski definition) is 1. The van der Waals surface area contributed by atoms with Crippen molar-refractivity contribution in [3.8, 4) is 0 Å². The van der Waals surface area contributed by atoms with E-state index in [0.717, 1.165) is 31.6 Å². The van der Waals surface area contributed by atoms with Crippen LogP contribution in [0.15, 0.2) is 18.2 Å². The summed E-state index contributed by atoms with van der Waals surface area (Å²) in [6.07, 6.45) is 2.06. The number of nitrogens with two attached hydrogens (primary N) is 1. The van der Waals surface area contributed by atoms with Gasteiger partial charge in [0, 0.05) is 18.8 Å². The minimum atomic E-state index is -0.338. The van der Waals surface area contributed by atoms with Crippen molar-refractivity contribution in [3.63, 3.8) is 0 Å². The van der Waals surface area contributed by atoms with E-state index < -0.39 is 0 Å². The second-order valence-corrected chi connectivity index (χ2v) is 5.22. The zero-order valence-corrected chi connectivity index (χ0v) is 11.5. The Labute approximate surface area is 117 Å². The molecule has 19 heavy (non-hydrogen) atoms. The van der Waals surface area contributed by atoms with Crippen LogP contribution in [0.1, 0.15) is 24.0 Å². The monoisotopic (exact) mass is 283 g/mol. The van der Waals surface area contributed by atoms with Crippen LogP contribution in [0.4, 0.5) is 4.39 Å². The molecular weight excluding hydrogens is 265 g/mol. The predicted molar refractivity (Wildman–Crippen MR) is 75.5 cm³/mol. The van der Waals surface area contributed by atoms with Crippen LogP contribution in [-0.2, 0) is 16.1 Å². The van der Waals surface area contributed by atoms with Gasteiger partial charge in [-0.2, -0.15) is 0 Å². The zero-order valence-electron chi connectivity index (χ0n) is 10.7. The standard InChI is InChI=1S/C14H18FNO2S/c15-13-6-11(5-12(7-13)14(16)19)9-18-8-10-1-3-17-4-2-10/h5-7,10H,1-4,8-9H2,(H2,16,19). The topological polar surface area (TPSA) is 44.5 Å². The second-order valence-electron chi connectivity index (χ2n) is 4.78. The van der Waals surface area contributed by atoms with Crippen molar-refractivity contribution in [2.75, 3.05) is 19.8 Å². The Hall–Kier alpha value is -1.04. The molecule has 0 radical (unpaired) electrons. The highest BCUT2D eigenvalue weighted by atomic mass is 32.1. The van der Waals surface area contributed by atoms with E-state index in [1.807, 2.05) is 0 Å². The van der Waals surface area contributed by atoms with Crippen molar-refractivity contribution in [1.82, 2.24) is 0 Å². The Morgan fingerprint density at radius 2 is 2.11 bits per heavy atom. The zero-order chi connectivity index (χ0) is 13.7. The molecule has 2 N–H and O–H groups in total. The number of ether oxygens (including phenoxy) is 2. The fourth-order valence-electron chi connectivity index (χ4n) is 2.13. The summed E-state index contributed by atoms with van der Waals surface area (Å²) >= 11 is 4.85. The fraction of sp³-hybridized carbons (Fsp3) is 0.500. The highest BCUT2D eigenvalue weighted by Gasteiger charge is 2.13. The normalized spacial score (nSPS) is 16.5. The molecule has 1 heterocycles. The maximum atomic E-state index is 13.4. The van der Waals surface area contributed by atoms with Gasteiger partial charge in [0.1, 0.15) is 10.8 Å². The van der Waals surface area contributed by atoms with Gasteiger partial charge in [0.05, 0.1) is 13.2 Å². The third-order valence-electron chi connectivity index (χ3n) is 3.21. The highest BCUT2D eigenvalue weighted by molar-refractivity contribution is 7.80. The molecule has 5 heteroatoms. The molecule has 0 bridgehead atoms. The summed E-state index contributed by atoms with van der Waals surface area (Å²) in [5, 5.41) is 0. The van der Waals surface area contributed by atoms with E-state index in [1.54, 1.807) is 6.07 Å². The minimum absolute atomic E-state index is 0.199. The largest absolute Gasteiger partial charge is 0.389 e. The van der Waals surface area contributed by atoms with Gasteiger partial charge >= 0.3 is 0 Å². The van der Waals surface area contributed by atoms with E-state index in [9.17, 15) is 4.39 Å². The molecule has 0 atom stereocenters. The molecule has 1 saturated heterocycles. The highest BCUT2D eigenvalue weighted by Crippen LogP contribution is 2.16. The molecule has 1 aromatic rings. The van der Waals surface area contributed by atoms with Gasteiger partial charge < -0.3 is 15.2 Å². The maximum absolute atomic E-state index is 13.4. The first kappa shape index (κ1) is 14.4.